The molecule has 0 radical (unpaired) electrons. The molecule has 0 fully saturated rings. The number of ether oxygens (including phenoxy) is 1. The third-order valence-corrected chi connectivity index (χ3v) is 3.73. The molecule has 22 heavy (non-hydrogen) atoms. The predicted molar refractivity (Wildman–Crippen MR) is 80.7 cm³/mol. The van der Waals surface area contributed by atoms with E-state index in [-0.39, 0.29) is 12.5 Å². The van der Waals surface area contributed by atoms with Gasteiger partial charge in [0.25, 0.3) is 0 Å². The van der Waals surface area contributed by atoms with Crippen LogP contribution in [0.1, 0.15) is 17.0 Å². The van der Waals surface area contributed by atoms with Crippen LogP contribution < -0.4 is 5.32 Å². The van der Waals surface area contributed by atoms with E-state index >= 15 is 0 Å². The predicted octanol–water partition coefficient (Wildman–Crippen LogP) is 2.61. The van der Waals surface area contributed by atoms with E-state index < -0.39 is 18.6 Å². The Morgan fingerprint density at radius 1 is 1.00 bits per heavy atom. The Hall–Kier alpha value is -2.82. The molecule has 0 aliphatic heterocycles. The summed E-state index contributed by atoms with van der Waals surface area (Å²) in [6, 6.07) is 16.1. The number of hydrogen-bond acceptors (Lipinski definition) is 3. The van der Waals surface area contributed by atoms with Crippen molar-refractivity contribution in [3.8, 4) is 11.1 Å². The van der Waals surface area contributed by atoms with Crippen LogP contribution in [0.25, 0.3) is 11.1 Å². The van der Waals surface area contributed by atoms with Gasteiger partial charge in [-0.25, -0.2) is 4.79 Å². The molecule has 2 aromatic carbocycles. The standard InChI is InChI=1S/C17H15NO4/c19-16(20)9-18-17(21)22-10-15-13-7-3-1-5-11(13)12-6-2-4-8-14(12)15/h1-8,15H,9-10H2,(H,18,21)(H,19,20)/i9+1,16+1,18+1. The van der Waals surface area contributed by atoms with Gasteiger partial charge in [0.15, 0.2) is 0 Å². The Bertz CT molecular complexity index is 681. The minimum atomic E-state index is -1.10. The molecule has 3 rings (SSSR count). The zero-order valence-electron chi connectivity index (χ0n) is 11.8. The summed E-state index contributed by atoms with van der Waals surface area (Å²) in [5.41, 5.74) is 4.54. The normalized spacial score (nSPS) is 12.4. The molecule has 0 unspecified atom stereocenters. The molecule has 2 aromatic rings. The van der Waals surface area contributed by atoms with Gasteiger partial charge in [0.2, 0.25) is 0 Å². The lowest BCUT2D eigenvalue weighted by Gasteiger charge is -2.14. The van der Waals surface area contributed by atoms with E-state index in [0.717, 1.165) is 22.3 Å². The number of aliphatic carboxylic acids is 1. The van der Waals surface area contributed by atoms with Crippen molar-refractivity contribution in [3.05, 3.63) is 59.7 Å². The van der Waals surface area contributed by atoms with E-state index in [1.165, 1.54) is 0 Å². The number of carboxylic acids is 1. The van der Waals surface area contributed by atoms with E-state index in [9.17, 15) is 9.59 Å². The molecule has 0 heterocycles. The lowest BCUT2D eigenvalue weighted by molar-refractivity contribution is -0.135. The second kappa shape index (κ2) is 5.89. The first-order chi connectivity index (χ1) is 10.7. The van der Waals surface area contributed by atoms with E-state index in [4.69, 9.17) is 9.84 Å². The topological polar surface area (TPSA) is 75.6 Å². The van der Waals surface area contributed by atoms with Gasteiger partial charge in [0.05, 0.1) is 0 Å². The second-order valence-corrected chi connectivity index (χ2v) is 5.07. The van der Waals surface area contributed by atoms with E-state index in [1.807, 2.05) is 36.4 Å². The third-order valence-electron chi connectivity index (χ3n) is 3.73. The molecule has 0 saturated carbocycles. The summed E-state index contributed by atoms with van der Waals surface area (Å²) in [4.78, 5) is 22.0. The molecular formula is C17H15NO4. The van der Waals surface area contributed by atoms with Crippen LogP contribution in [0.4, 0.5) is 4.79 Å². The minimum Gasteiger partial charge on any atom is -0.480 e. The third kappa shape index (κ3) is 2.65. The van der Waals surface area contributed by atoms with Crippen LogP contribution in [-0.4, -0.2) is 30.3 Å². The fraction of sp³-hybridized carbons (Fsp3) is 0.176. The Morgan fingerprint density at radius 2 is 1.55 bits per heavy atom. The molecular weight excluding hydrogens is 285 g/mol. The van der Waals surface area contributed by atoms with Gasteiger partial charge in [0.1, 0.15) is 13.2 Å². The van der Waals surface area contributed by atoms with Gasteiger partial charge in [-0.2, -0.15) is 0 Å². The Kier molecular flexibility index (Phi) is 3.78. The first-order valence-electron chi connectivity index (χ1n) is 6.97. The summed E-state index contributed by atoms with van der Waals surface area (Å²) < 4.78 is 5.18. The molecule has 1 aliphatic carbocycles. The van der Waals surface area contributed by atoms with Crippen molar-refractivity contribution < 1.29 is 19.4 Å². The fourth-order valence-corrected chi connectivity index (χ4v) is 2.80. The molecule has 2 N–H and O–H groups in total. The Labute approximate surface area is 127 Å². The molecule has 0 aromatic heterocycles. The molecule has 0 saturated heterocycles. The Balaban J connectivity index is 1.77. The number of alkyl carbamates (subject to hydrolysis) is 1. The zero-order valence-corrected chi connectivity index (χ0v) is 11.8. The van der Waals surface area contributed by atoms with Crippen molar-refractivity contribution in [3.63, 3.8) is 0 Å². The molecule has 0 spiro atoms. The number of benzene rings is 2. The number of hydrogen-bond donors (Lipinski definition) is 2. The number of fused-ring (bicyclic) bond motifs is 3. The molecule has 0 atom stereocenters. The van der Waals surface area contributed by atoms with Crippen molar-refractivity contribution in [1.29, 1.82) is 0 Å². The summed E-state index contributed by atoms with van der Waals surface area (Å²) in [6.45, 7) is -0.268. The largest absolute Gasteiger partial charge is 0.480 e. The Morgan fingerprint density at radius 3 is 2.09 bits per heavy atom. The van der Waals surface area contributed by atoms with E-state index in [1.54, 1.807) is 0 Å². The highest BCUT2D eigenvalue weighted by atomic mass is 16.6. The van der Waals surface area contributed by atoms with E-state index in [2.05, 4.69) is 17.4 Å². The average molecular weight is 300 g/mol. The van der Waals surface area contributed by atoms with Crippen molar-refractivity contribution in [2.45, 2.75) is 5.92 Å². The van der Waals surface area contributed by atoms with Crippen LogP contribution in [0.15, 0.2) is 48.5 Å². The zero-order chi connectivity index (χ0) is 15.5. The SMILES string of the molecule is O=C([15NH][13CH2][13C](=O)O)OCC1c2ccccc2-c2ccccc21. The lowest BCUT2D eigenvalue weighted by Crippen LogP contribution is -2.30. The average Bonchev–Trinajstić information content (AvgIpc) is 2.85. The number of rotatable bonds is 4. The van der Waals surface area contributed by atoms with Crippen LogP contribution in [0.5, 0.6) is 0 Å². The van der Waals surface area contributed by atoms with Crippen molar-refractivity contribution in [2.24, 2.45) is 0 Å². The van der Waals surface area contributed by atoms with Crippen molar-refractivity contribution >= 4 is 12.1 Å². The highest BCUT2D eigenvalue weighted by Gasteiger charge is 2.28. The van der Waals surface area contributed by atoms with E-state index in [0.29, 0.717) is 0 Å². The summed E-state index contributed by atoms with van der Waals surface area (Å²) in [6.07, 6.45) is -0.718. The summed E-state index contributed by atoms with van der Waals surface area (Å²) >= 11 is 0. The first-order valence-corrected chi connectivity index (χ1v) is 6.97. The number of carboxylic acid groups (broad SMARTS) is 1. The van der Waals surface area contributed by atoms with Crippen molar-refractivity contribution in [1.82, 2.24) is 5.32 Å². The number of nitrogens with one attached hydrogen (secondary N) is 1. The smallest absolute Gasteiger partial charge is 0.407 e. The molecule has 1 amide bonds. The molecule has 1 aliphatic rings. The van der Waals surface area contributed by atoms with Crippen LogP contribution in [-0.2, 0) is 9.53 Å². The molecule has 0 bridgehead atoms. The molecule has 112 valence electrons. The maximum absolute atomic E-state index is 11.5. The number of amides is 1. The highest BCUT2D eigenvalue weighted by molar-refractivity contribution is 5.79. The minimum absolute atomic E-state index is 0.0250. The summed E-state index contributed by atoms with van der Waals surface area (Å²) in [5, 5.41) is 10.7. The lowest BCUT2D eigenvalue weighted by atomic mass is 9.98. The monoisotopic (exact) mass is 300 g/mol. The summed E-state index contributed by atoms with van der Waals surface area (Å²) in [5.74, 6) is -1.13. The van der Waals surface area contributed by atoms with Gasteiger partial charge < -0.3 is 15.2 Å². The quantitative estimate of drug-likeness (QED) is 0.672. The van der Waals surface area contributed by atoms with Crippen LogP contribution in [0.3, 0.4) is 0 Å². The highest BCUT2D eigenvalue weighted by Crippen LogP contribution is 2.44. The fourth-order valence-electron chi connectivity index (χ4n) is 2.80. The molecule has 5 nitrogen and oxygen atoms in total. The maximum Gasteiger partial charge on any atom is 0.407 e. The van der Waals surface area contributed by atoms with Gasteiger partial charge >= 0.3 is 12.1 Å². The number of carbonyl (C=O) groups is 2. The van der Waals surface area contributed by atoms with Gasteiger partial charge in [-0.05, 0) is 22.3 Å². The van der Waals surface area contributed by atoms with Gasteiger partial charge in [-0.15, -0.1) is 0 Å². The van der Waals surface area contributed by atoms with Gasteiger partial charge in [-0.3, -0.25) is 4.79 Å². The molecule has 5 heteroatoms. The number of carbonyl (C=O) groups excluding carboxylic acids is 1. The van der Waals surface area contributed by atoms with Crippen molar-refractivity contribution in [2.75, 3.05) is 13.2 Å². The first kappa shape index (κ1) is 14.1. The van der Waals surface area contributed by atoms with Gasteiger partial charge in [0, 0.05) is 5.92 Å². The van der Waals surface area contributed by atoms with Crippen LogP contribution in [0.2, 0.25) is 0 Å². The maximum atomic E-state index is 11.5. The second-order valence-electron chi connectivity index (χ2n) is 5.07. The summed E-state index contributed by atoms with van der Waals surface area (Å²) in [7, 11) is 0. The van der Waals surface area contributed by atoms with Crippen LogP contribution >= 0.6 is 0 Å². The van der Waals surface area contributed by atoms with Crippen LogP contribution in [0, 0.1) is 0 Å². The van der Waals surface area contributed by atoms with Gasteiger partial charge in [-0.1, -0.05) is 48.5 Å².